The Morgan fingerprint density at radius 3 is 1.90 bits per heavy atom. The number of carboxylic acid groups (broad SMARTS) is 1. The molecule has 0 bridgehead atoms. The maximum Gasteiger partial charge on any atom is 0.325 e. The molecule has 0 aliphatic carbocycles. The van der Waals surface area contributed by atoms with E-state index in [1.807, 2.05) is 44.2 Å². The van der Waals surface area contributed by atoms with Crippen LogP contribution in [0.1, 0.15) is 53.5 Å². The zero-order valence-electron chi connectivity index (χ0n) is 24.5. The molecule has 0 radical (unpaired) electrons. The predicted molar refractivity (Wildman–Crippen MR) is 152 cm³/mol. The molecule has 41 heavy (non-hydrogen) atoms. The molecule has 0 fully saturated rings. The molecule has 0 aromatic heterocycles. The average molecular weight is 577 g/mol. The molecule has 5 atom stereocenters. The summed E-state index contributed by atoms with van der Waals surface area (Å²) in [7, 11) is 0. The van der Waals surface area contributed by atoms with Gasteiger partial charge in [-0.15, -0.1) is 0 Å². The van der Waals surface area contributed by atoms with Crippen LogP contribution in [-0.2, 0) is 35.2 Å². The van der Waals surface area contributed by atoms with E-state index in [1.54, 1.807) is 13.8 Å². The minimum Gasteiger partial charge on any atom is -0.480 e. The lowest BCUT2D eigenvalue weighted by Crippen LogP contribution is -2.58. The molecule has 5 amide bonds. The fraction of sp³-hybridized carbons (Fsp3) is 0.571. The number of hydrogen-bond acceptors (Lipinski definition) is 7. The first-order chi connectivity index (χ1) is 19.1. The number of nitrogens with two attached hydrogens (primary N) is 1. The Bertz CT molecular complexity index is 1060. The van der Waals surface area contributed by atoms with Gasteiger partial charge in [0.15, 0.2) is 0 Å². The smallest absolute Gasteiger partial charge is 0.325 e. The number of rotatable bonds is 16. The highest BCUT2D eigenvalue weighted by Gasteiger charge is 2.30. The SMILES string of the molecule is CC(C)CC(NC(=O)C(C)NC(=O)C(NC(=O)C(N)Cc1ccccc1)C(C)C)C(=O)NCC(=O)NC(C)C(=O)O. The van der Waals surface area contributed by atoms with E-state index in [0.717, 1.165) is 5.56 Å². The van der Waals surface area contributed by atoms with E-state index in [9.17, 15) is 28.8 Å². The van der Waals surface area contributed by atoms with Crippen LogP contribution in [0.5, 0.6) is 0 Å². The third kappa shape index (κ3) is 12.8. The van der Waals surface area contributed by atoms with Crippen molar-refractivity contribution < 1.29 is 33.9 Å². The first-order valence-electron chi connectivity index (χ1n) is 13.6. The lowest BCUT2D eigenvalue weighted by Gasteiger charge is -2.26. The molecule has 8 N–H and O–H groups in total. The second kappa shape index (κ2) is 17.0. The van der Waals surface area contributed by atoms with Crippen LogP contribution >= 0.6 is 0 Å². The van der Waals surface area contributed by atoms with Crippen molar-refractivity contribution in [3.8, 4) is 0 Å². The Kier molecular flexibility index (Phi) is 14.5. The van der Waals surface area contributed by atoms with Crippen molar-refractivity contribution in [2.24, 2.45) is 17.6 Å². The van der Waals surface area contributed by atoms with Gasteiger partial charge in [-0.25, -0.2) is 0 Å². The largest absolute Gasteiger partial charge is 0.480 e. The summed E-state index contributed by atoms with van der Waals surface area (Å²) in [6, 6.07) is 4.20. The summed E-state index contributed by atoms with van der Waals surface area (Å²) >= 11 is 0. The van der Waals surface area contributed by atoms with Gasteiger partial charge in [0.2, 0.25) is 29.5 Å². The molecule has 13 heteroatoms. The van der Waals surface area contributed by atoms with Crippen LogP contribution in [0, 0.1) is 11.8 Å². The van der Waals surface area contributed by atoms with Crippen molar-refractivity contribution in [3.63, 3.8) is 0 Å². The summed E-state index contributed by atoms with van der Waals surface area (Å²) in [5, 5.41) is 21.3. The molecule has 0 spiro atoms. The number of amides is 5. The number of carbonyl (C=O) groups is 6. The van der Waals surface area contributed by atoms with Gasteiger partial charge in [0.25, 0.3) is 0 Å². The van der Waals surface area contributed by atoms with E-state index in [4.69, 9.17) is 10.8 Å². The van der Waals surface area contributed by atoms with E-state index in [2.05, 4.69) is 26.6 Å². The Morgan fingerprint density at radius 2 is 1.37 bits per heavy atom. The topological polar surface area (TPSA) is 209 Å². The van der Waals surface area contributed by atoms with Crippen molar-refractivity contribution >= 4 is 35.5 Å². The molecule has 13 nitrogen and oxygen atoms in total. The molecular formula is C28H44N6O7. The molecule has 0 aliphatic rings. The molecule has 5 unspecified atom stereocenters. The highest BCUT2D eigenvalue weighted by atomic mass is 16.4. The summed E-state index contributed by atoms with van der Waals surface area (Å²) in [6.07, 6.45) is 0.535. The molecule has 0 heterocycles. The normalized spacial score (nSPS) is 14.7. The van der Waals surface area contributed by atoms with Crippen LogP contribution in [0.3, 0.4) is 0 Å². The molecule has 228 valence electrons. The highest BCUT2D eigenvalue weighted by Crippen LogP contribution is 2.08. The van der Waals surface area contributed by atoms with Crippen molar-refractivity contribution in [3.05, 3.63) is 35.9 Å². The van der Waals surface area contributed by atoms with Crippen LogP contribution in [-0.4, -0.2) is 77.4 Å². The third-order valence-electron chi connectivity index (χ3n) is 6.15. The second-order valence-corrected chi connectivity index (χ2v) is 10.8. The molecule has 0 saturated heterocycles. The number of carbonyl (C=O) groups excluding carboxylic acids is 5. The fourth-order valence-electron chi connectivity index (χ4n) is 3.77. The highest BCUT2D eigenvalue weighted by molar-refractivity contribution is 5.95. The summed E-state index contributed by atoms with van der Waals surface area (Å²) in [4.78, 5) is 74.2. The van der Waals surface area contributed by atoms with Crippen LogP contribution < -0.4 is 32.3 Å². The van der Waals surface area contributed by atoms with Crippen LogP contribution in [0.25, 0.3) is 0 Å². The third-order valence-corrected chi connectivity index (χ3v) is 6.15. The van der Waals surface area contributed by atoms with Crippen molar-refractivity contribution in [2.75, 3.05) is 6.54 Å². The Hall–Kier alpha value is -4.00. The number of hydrogen-bond donors (Lipinski definition) is 7. The van der Waals surface area contributed by atoms with E-state index in [0.29, 0.717) is 0 Å². The minimum atomic E-state index is -1.22. The van der Waals surface area contributed by atoms with Crippen molar-refractivity contribution in [1.29, 1.82) is 0 Å². The fourth-order valence-corrected chi connectivity index (χ4v) is 3.77. The monoisotopic (exact) mass is 576 g/mol. The summed E-state index contributed by atoms with van der Waals surface area (Å²) in [5.41, 5.74) is 6.93. The number of carboxylic acids is 1. The van der Waals surface area contributed by atoms with Crippen molar-refractivity contribution in [2.45, 2.75) is 84.6 Å². The van der Waals surface area contributed by atoms with Crippen molar-refractivity contribution in [1.82, 2.24) is 26.6 Å². The maximum absolute atomic E-state index is 13.0. The van der Waals surface area contributed by atoms with Gasteiger partial charge in [-0.05, 0) is 44.1 Å². The van der Waals surface area contributed by atoms with Gasteiger partial charge in [0.1, 0.15) is 24.2 Å². The van der Waals surface area contributed by atoms with Gasteiger partial charge in [-0.1, -0.05) is 58.0 Å². The number of benzene rings is 1. The predicted octanol–water partition coefficient (Wildman–Crippen LogP) is -0.562. The van der Waals surface area contributed by atoms with Gasteiger partial charge in [0, 0.05) is 0 Å². The average Bonchev–Trinajstić information content (AvgIpc) is 2.89. The number of aliphatic carboxylic acids is 1. The van der Waals surface area contributed by atoms with Gasteiger partial charge in [-0.3, -0.25) is 28.8 Å². The maximum atomic E-state index is 13.0. The van der Waals surface area contributed by atoms with Crippen LogP contribution in [0.15, 0.2) is 30.3 Å². The van der Waals surface area contributed by atoms with E-state index >= 15 is 0 Å². The van der Waals surface area contributed by atoms with Crippen LogP contribution in [0.2, 0.25) is 0 Å². The zero-order valence-corrected chi connectivity index (χ0v) is 24.5. The number of nitrogens with one attached hydrogen (secondary N) is 5. The first-order valence-corrected chi connectivity index (χ1v) is 13.6. The Balaban J connectivity index is 2.76. The summed E-state index contributed by atoms with van der Waals surface area (Å²) < 4.78 is 0. The van der Waals surface area contributed by atoms with E-state index in [-0.39, 0.29) is 24.7 Å². The second-order valence-electron chi connectivity index (χ2n) is 10.8. The lowest BCUT2D eigenvalue weighted by atomic mass is 10.0. The van der Waals surface area contributed by atoms with Crippen LogP contribution in [0.4, 0.5) is 0 Å². The molecular weight excluding hydrogens is 532 g/mol. The lowest BCUT2D eigenvalue weighted by molar-refractivity contribution is -0.141. The Labute approximate surface area is 240 Å². The van der Waals surface area contributed by atoms with Gasteiger partial charge < -0.3 is 37.4 Å². The zero-order chi connectivity index (χ0) is 31.3. The van der Waals surface area contributed by atoms with E-state index in [1.165, 1.54) is 13.8 Å². The molecule has 1 aromatic carbocycles. The van der Waals surface area contributed by atoms with Gasteiger partial charge >= 0.3 is 5.97 Å². The molecule has 1 aromatic rings. The summed E-state index contributed by atoms with van der Waals surface area (Å²) in [6.45, 7) is 9.43. The minimum absolute atomic E-state index is 0.00238. The van der Waals surface area contributed by atoms with Gasteiger partial charge in [-0.2, -0.15) is 0 Å². The molecule has 1 rings (SSSR count). The molecule has 0 aliphatic heterocycles. The van der Waals surface area contributed by atoms with E-state index < -0.39 is 72.3 Å². The van der Waals surface area contributed by atoms with Gasteiger partial charge in [0.05, 0.1) is 12.6 Å². The standard InChI is InChI=1S/C28H44N6O7/c1-15(2)12-21(26(38)30-14-22(35)31-18(6)28(40)41)33-24(36)17(5)32-27(39)23(16(3)4)34-25(37)20(29)13-19-10-8-7-9-11-19/h7-11,15-18,20-21,23H,12-14,29H2,1-6H3,(H,30,38)(H,31,35)(H,32,39)(H,33,36)(H,34,37)(H,40,41). The summed E-state index contributed by atoms with van der Waals surface area (Å²) in [5.74, 6) is -4.60. The first kappa shape index (κ1) is 35.0. The quantitative estimate of drug-likeness (QED) is 0.135. The molecule has 0 saturated carbocycles. The Morgan fingerprint density at radius 1 is 0.756 bits per heavy atom.